The fraction of sp³-hybridized carbons (Fsp3) is 0.643. The number of hydrogen-bond donors (Lipinski definition) is 1. The molecule has 0 radical (unpaired) electrons. The van der Waals surface area contributed by atoms with Gasteiger partial charge in [0.05, 0.1) is 17.8 Å². The van der Waals surface area contributed by atoms with Crippen LogP contribution < -0.4 is 5.32 Å². The SMILES string of the molecule is CCCC(c1noc(-c2cnn(C)c2)n1)N1CCNCC1. The van der Waals surface area contributed by atoms with Crippen molar-refractivity contribution in [2.45, 2.75) is 25.8 Å². The summed E-state index contributed by atoms with van der Waals surface area (Å²) in [7, 11) is 1.88. The van der Waals surface area contributed by atoms with E-state index in [0.29, 0.717) is 5.89 Å². The maximum Gasteiger partial charge on any atom is 0.261 e. The molecule has 0 spiro atoms. The lowest BCUT2D eigenvalue weighted by Crippen LogP contribution is -2.45. The second-order valence-electron chi connectivity index (χ2n) is 5.45. The highest BCUT2D eigenvalue weighted by Gasteiger charge is 2.26. The Balaban J connectivity index is 1.81. The minimum atomic E-state index is 0.242. The van der Waals surface area contributed by atoms with Crippen LogP contribution in [0.4, 0.5) is 0 Å². The van der Waals surface area contributed by atoms with Gasteiger partial charge in [0.15, 0.2) is 5.82 Å². The highest BCUT2D eigenvalue weighted by Crippen LogP contribution is 2.26. The highest BCUT2D eigenvalue weighted by molar-refractivity contribution is 5.49. The van der Waals surface area contributed by atoms with E-state index >= 15 is 0 Å². The average molecular weight is 290 g/mol. The van der Waals surface area contributed by atoms with Crippen LogP contribution in [0.25, 0.3) is 11.5 Å². The molecule has 21 heavy (non-hydrogen) atoms. The number of aromatic nitrogens is 4. The quantitative estimate of drug-likeness (QED) is 0.892. The fourth-order valence-electron chi connectivity index (χ4n) is 2.76. The van der Waals surface area contributed by atoms with Crippen molar-refractivity contribution in [3.63, 3.8) is 0 Å². The van der Waals surface area contributed by atoms with Crippen LogP contribution in [0.1, 0.15) is 31.6 Å². The minimum Gasteiger partial charge on any atom is -0.334 e. The molecule has 0 aliphatic carbocycles. The van der Waals surface area contributed by atoms with E-state index in [0.717, 1.165) is 50.4 Å². The van der Waals surface area contributed by atoms with Gasteiger partial charge in [0.25, 0.3) is 5.89 Å². The molecule has 0 bridgehead atoms. The Morgan fingerprint density at radius 2 is 2.19 bits per heavy atom. The smallest absolute Gasteiger partial charge is 0.261 e. The Morgan fingerprint density at radius 1 is 1.38 bits per heavy atom. The van der Waals surface area contributed by atoms with E-state index < -0.39 is 0 Å². The van der Waals surface area contributed by atoms with Crippen molar-refractivity contribution < 1.29 is 4.52 Å². The van der Waals surface area contributed by atoms with Gasteiger partial charge in [-0.3, -0.25) is 9.58 Å². The van der Waals surface area contributed by atoms with E-state index in [9.17, 15) is 0 Å². The number of nitrogens with zero attached hydrogens (tertiary/aromatic N) is 5. The van der Waals surface area contributed by atoms with Crippen molar-refractivity contribution in [1.82, 2.24) is 30.1 Å². The van der Waals surface area contributed by atoms with Crippen LogP contribution in [-0.4, -0.2) is 51.0 Å². The van der Waals surface area contributed by atoms with Crippen molar-refractivity contribution in [2.24, 2.45) is 7.05 Å². The summed E-state index contributed by atoms with van der Waals surface area (Å²) in [4.78, 5) is 7.04. The number of aryl methyl sites for hydroxylation is 1. The Bertz CT molecular complexity index is 572. The molecular formula is C14H22N6O. The molecule has 1 atom stereocenters. The molecule has 0 saturated carbocycles. The first-order chi connectivity index (χ1) is 10.3. The van der Waals surface area contributed by atoms with Gasteiger partial charge >= 0.3 is 0 Å². The molecule has 7 nitrogen and oxygen atoms in total. The molecule has 2 aromatic heterocycles. The van der Waals surface area contributed by atoms with Gasteiger partial charge in [-0.15, -0.1) is 0 Å². The van der Waals surface area contributed by atoms with Gasteiger partial charge in [-0.25, -0.2) is 0 Å². The van der Waals surface area contributed by atoms with Crippen LogP contribution in [0.3, 0.4) is 0 Å². The van der Waals surface area contributed by atoms with Crippen molar-refractivity contribution >= 4 is 0 Å². The van der Waals surface area contributed by atoms with Crippen LogP contribution in [0.5, 0.6) is 0 Å². The van der Waals surface area contributed by atoms with E-state index in [1.165, 1.54) is 0 Å². The molecule has 1 aliphatic heterocycles. The van der Waals surface area contributed by atoms with Crippen molar-refractivity contribution in [1.29, 1.82) is 0 Å². The molecule has 1 saturated heterocycles. The molecule has 0 amide bonds. The molecule has 1 N–H and O–H groups in total. The van der Waals surface area contributed by atoms with Gasteiger partial charge in [0, 0.05) is 39.4 Å². The van der Waals surface area contributed by atoms with Crippen LogP contribution in [0.2, 0.25) is 0 Å². The first kappa shape index (κ1) is 14.2. The summed E-state index contributed by atoms with van der Waals surface area (Å²) >= 11 is 0. The van der Waals surface area contributed by atoms with Crippen molar-refractivity contribution in [2.75, 3.05) is 26.2 Å². The van der Waals surface area contributed by atoms with Crippen LogP contribution in [0, 0.1) is 0 Å². The number of hydrogen-bond acceptors (Lipinski definition) is 6. The summed E-state index contributed by atoms with van der Waals surface area (Å²) in [5.74, 6) is 1.34. The molecule has 1 aliphatic rings. The van der Waals surface area contributed by atoms with E-state index in [1.54, 1.807) is 10.9 Å². The lowest BCUT2D eigenvalue weighted by molar-refractivity contribution is 0.155. The first-order valence-corrected chi connectivity index (χ1v) is 7.55. The highest BCUT2D eigenvalue weighted by atomic mass is 16.5. The number of rotatable bonds is 5. The number of nitrogens with one attached hydrogen (secondary N) is 1. The van der Waals surface area contributed by atoms with Gasteiger partial charge in [-0.1, -0.05) is 18.5 Å². The molecule has 3 rings (SSSR count). The molecule has 2 aromatic rings. The van der Waals surface area contributed by atoms with Gasteiger partial charge < -0.3 is 9.84 Å². The molecule has 1 fully saturated rings. The normalized spacial score (nSPS) is 18.0. The van der Waals surface area contributed by atoms with Gasteiger partial charge in [0.1, 0.15) is 0 Å². The van der Waals surface area contributed by atoms with Crippen LogP contribution in [-0.2, 0) is 7.05 Å². The summed E-state index contributed by atoms with van der Waals surface area (Å²) in [6.07, 6.45) is 5.78. The summed E-state index contributed by atoms with van der Waals surface area (Å²) < 4.78 is 7.16. The lowest BCUT2D eigenvalue weighted by atomic mass is 10.1. The summed E-state index contributed by atoms with van der Waals surface area (Å²) in [6.45, 7) is 6.29. The Labute approximate surface area is 124 Å². The Morgan fingerprint density at radius 3 is 2.86 bits per heavy atom. The molecular weight excluding hydrogens is 268 g/mol. The second kappa shape index (κ2) is 6.36. The van der Waals surface area contributed by atoms with E-state index in [1.807, 2.05) is 13.2 Å². The molecule has 3 heterocycles. The number of piperazine rings is 1. The van der Waals surface area contributed by atoms with Gasteiger partial charge in [-0.2, -0.15) is 10.1 Å². The first-order valence-electron chi connectivity index (χ1n) is 7.55. The van der Waals surface area contributed by atoms with Crippen LogP contribution >= 0.6 is 0 Å². The van der Waals surface area contributed by atoms with E-state index in [-0.39, 0.29) is 6.04 Å². The van der Waals surface area contributed by atoms with Gasteiger partial charge in [-0.05, 0) is 6.42 Å². The molecule has 1 unspecified atom stereocenters. The predicted octanol–water partition coefficient (Wildman–Crippen LogP) is 1.22. The van der Waals surface area contributed by atoms with Crippen LogP contribution in [0.15, 0.2) is 16.9 Å². The standard InChI is InChI=1S/C14H22N6O/c1-3-4-12(20-7-5-15-6-8-20)13-17-14(21-18-13)11-9-16-19(2)10-11/h9-10,12,15H,3-8H2,1-2H3. The fourth-order valence-corrected chi connectivity index (χ4v) is 2.76. The summed E-state index contributed by atoms with van der Waals surface area (Å²) in [5.41, 5.74) is 0.867. The second-order valence-corrected chi connectivity index (χ2v) is 5.45. The zero-order valence-corrected chi connectivity index (χ0v) is 12.6. The van der Waals surface area contributed by atoms with E-state index in [2.05, 4.69) is 32.4 Å². The van der Waals surface area contributed by atoms with Gasteiger partial charge in [0.2, 0.25) is 0 Å². The minimum absolute atomic E-state index is 0.242. The summed E-state index contributed by atoms with van der Waals surface area (Å²) in [5, 5.41) is 11.7. The average Bonchev–Trinajstić information content (AvgIpc) is 3.14. The topological polar surface area (TPSA) is 72.0 Å². The van der Waals surface area contributed by atoms with Crippen molar-refractivity contribution in [3.05, 3.63) is 18.2 Å². The predicted molar refractivity (Wildman–Crippen MR) is 78.6 cm³/mol. The third kappa shape index (κ3) is 3.14. The largest absolute Gasteiger partial charge is 0.334 e. The monoisotopic (exact) mass is 290 g/mol. The molecule has 0 aromatic carbocycles. The third-order valence-corrected chi connectivity index (χ3v) is 3.85. The Kier molecular flexibility index (Phi) is 4.31. The Hall–Kier alpha value is -1.73. The lowest BCUT2D eigenvalue weighted by Gasteiger charge is -2.33. The summed E-state index contributed by atoms with van der Waals surface area (Å²) in [6, 6.07) is 0.242. The maximum atomic E-state index is 5.43. The molecule has 114 valence electrons. The van der Waals surface area contributed by atoms with Crippen molar-refractivity contribution in [3.8, 4) is 11.5 Å². The molecule has 7 heteroatoms. The zero-order valence-electron chi connectivity index (χ0n) is 12.6. The van der Waals surface area contributed by atoms with E-state index in [4.69, 9.17) is 4.52 Å². The zero-order chi connectivity index (χ0) is 14.7. The third-order valence-electron chi connectivity index (χ3n) is 3.85. The maximum absolute atomic E-state index is 5.43.